The highest BCUT2D eigenvalue weighted by Crippen LogP contribution is 2.44. The highest BCUT2D eigenvalue weighted by molar-refractivity contribution is 9.10. The molecule has 1 aromatic heterocycles. The van der Waals surface area contributed by atoms with E-state index < -0.39 is 18.3 Å². The summed E-state index contributed by atoms with van der Waals surface area (Å²) in [5, 5.41) is 7.04. The zero-order valence-corrected chi connectivity index (χ0v) is 15.9. The van der Waals surface area contributed by atoms with Gasteiger partial charge in [-0.25, -0.2) is 4.68 Å². The van der Waals surface area contributed by atoms with Crippen LogP contribution in [0, 0.1) is 0 Å². The van der Waals surface area contributed by atoms with Crippen molar-refractivity contribution >= 4 is 27.7 Å². The average molecular weight is 443 g/mol. The smallest absolute Gasteiger partial charge is 0.363 e. The second kappa shape index (κ2) is 6.85. The summed E-state index contributed by atoms with van der Waals surface area (Å²) in [6.07, 6.45) is -1.56. The second-order valence-electron chi connectivity index (χ2n) is 6.89. The van der Waals surface area contributed by atoms with E-state index in [4.69, 9.17) is 0 Å². The molecule has 0 spiro atoms. The van der Waals surface area contributed by atoms with E-state index in [-0.39, 0.29) is 23.7 Å². The zero-order valence-electron chi connectivity index (χ0n) is 14.3. The van der Waals surface area contributed by atoms with Gasteiger partial charge < -0.3 is 10.2 Å². The van der Waals surface area contributed by atoms with E-state index in [1.807, 2.05) is 0 Å². The summed E-state index contributed by atoms with van der Waals surface area (Å²) < 4.78 is 42.8. The number of carbonyl (C=O) groups excluding carboxylic acids is 1. The lowest BCUT2D eigenvalue weighted by molar-refractivity contribution is -0.173. The number of hydrogen-bond acceptors (Lipinski definition) is 3. The van der Waals surface area contributed by atoms with Crippen molar-refractivity contribution in [3.8, 4) is 0 Å². The molecule has 27 heavy (non-hydrogen) atoms. The van der Waals surface area contributed by atoms with Crippen molar-refractivity contribution in [2.75, 3.05) is 18.4 Å². The molecular formula is C18H18BrF3N4O. The molecule has 4 rings (SSSR count). The van der Waals surface area contributed by atoms with Crippen molar-refractivity contribution in [1.29, 1.82) is 0 Å². The SMILES string of the molecule is O=C(c1cnn2c1NC(c1ccc(Br)cc1)CC2C(F)(F)F)N1CCCC1. The van der Waals surface area contributed by atoms with Gasteiger partial charge in [-0.1, -0.05) is 28.1 Å². The van der Waals surface area contributed by atoms with Crippen LogP contribution in [-0.2, 0) is 0 Å². The first-order valence-electron chi connectivity index (χ1n) is 8.80. The van der Waals surface area contributed by atoms with Crippen LogP contribution < -0.4 is 5.32 Å². The van der Waals surface area contributed by atoms with E-state index in [9.17, 15) is 18.0 Å². The summed E-state index contributed by atoms with van der Waals surface area (Å²) >= 11 is 3.34. The maximum atomic E-state index is 13.7. The topological polar surface area (TPSA) is 50.2 Å². The Labute approximate surface area is 162 Å². The first-order valence-corrected chi connectivity index (χ1v) is 9.59. The summed E-state index contributed by atoms with van der Waals surface area (Å²) in [5.74, 6) is -0.118. The molecule has 0 saturated carbocycles. The quantitative estimate of drug-likeness (QED) is 0.742. The number of amides is 1. The standard InChI is InChI=1S/C18H18BrF3N4O/c19-12-5-3-11(4-6-12)14-9-15(18(20,21)22)26-16(24-14)13(10-23-26)17(27)25-7-1-2-8-25/h3-6,10,14-15,24H,1-2,7-9H2. The summed E-state index contributed by atoms with van der Waals surface area (Å²) in [5.41, 5.74) is 0.937. The van der Waals surface area contributed by atoms with Crippen molar-refractivity contribution < 1.29 is 18.0 Å². The third-order valence-electron chi connectivity index (χ3n) is 5.13. The number of rotatable bonds is 2. The number of carbonyl (C=O) groups is 1. The fraction of sp³-hybridized carbons (Fsp3) is 0.444. The number of aromatic nitrogens is 2. The third kappa shape index (κ3) is 3.44. The second-order valence-corrected chi connectivity index (χ2v) is 7.81. The number of fused-ring (bicyclic) bond motifs is 1. The van der Waals surface area contributed by atoms with Gasteiger partial charge in [-0.2, -0.15) is 18.3 Å². The third-order valence-corrected chi connectivity index (χ3v) is 5.66. The molecule has 1 amide bonds. The monoisotopic (exact) mass is 442 g/mol. The van der Waals surface area contributed by atoms with Gasteiger partial charge in [-0.3, -0.25) is 4.79 Å². The summed E-state index contributed by atoms with van der Waals surface area (Å²) in [6, 6.07) is 4.82. The van der Waals surface area contributed by atoms with Crippen molar-refractivity contribution in [1.82, 2.24) is 14.7 Å². The Kier molecular flexibility index (Phi) is 4.65. The van der Waals surface area contributed by atoms with Gasteiger partial charge in [0.1, 0.15) is 11.4 Å². The van der Waals surface area contributed by atoms with Crippen LogP contribution in [0.2, 0.25) is 0 Å². The Bertz CT molecular complexity index is 843. The van der Waals surface area contributed by atoms with Gasteiger partial charge in [0.2, 0.25) is 0 Å². The van der Waals surface area contributed by atoms with E-state index >= 15 is 0 Å². The number of benzene rings is 1. The zero-order chi connectivity index (χ0) is 19.2. The summed E-state index contributed by atoms with van der Waals surface area (Å²) in [7, 11) is 0. The van der Waals surface area contributed by atoms with Crippen LogP contribution in [0.4, 0.5) is 19.0 Å². The lowest BCUT2D eigenvalue weighted by Gasteiger charge is -2.34. The van der Waals surface area contributed by atoms with Crippen LogP contribution >= 0.6 is 15.9 Å². The van der Waals surface area contributed by atoms with Crippen molar-refractivity contribution in [2.24, 2.45) is 0 Å². The van der Waals surface area contributed by atoms with Crippen LogP contribution in [-0.4, -0.2) is 39.9 Å². The fourth-order valence-corrected chi connectivity index (χ4v) is 3.99. The number of halogens is 4. The summed E-state index contributed by atoms with van der Waals surface area (Å²) in [4.78, 5) is 14.4. The minimum absolute atomic E-state index is 0.147. The number of alkyl halides is 3. The summed E-state index contributed by atoms with van der Waals surface area (Å²) in [6.45, 7) is 1.25. The molecule has 1 N–H and O–H groups in total. The molecular weight excluding hydrogens is 425 g/mol. The van der Waals surface area contributed by atoms with Crippen LogP contribution in [0.5, 0.6) is 0 Å². The maximum absolute atomic E-state index is 13.7. The van der Waals surface area contributed by atoms with Crippen LogP contribution in [0.15, 0.2) is 34.9 Å². The highest BCUT2D eigenvalue weighted by atomic mass is 79.9. The Hall–Kier alpha value is -2.03. The molecule has 1 aromatic carbocycles. The van der Waals surface area contributed by atoms with Crippen LogP contribution in [0.1, 0.15) is 47.3 Å². The molecule has 2 aromatic rings. The van der Waals surface area contributed by atoms with Crippen molar-refractivity contribution in [3.63, 3.8) is 0 Å². The number of anilines is 1. The van der Waals surface area contributed by atoms with Gasteiger partial charge in [-0.15, -0.1) is 0 Å². The fourth-order valence-electron chi connectivity index (χ4n) is 3.72. The van der Waals surface area contributed by atoms with Gasteiger partial charge in [0.15, 0.2) is 6.04 Å². The lowest BCUT2D eigenvalue weighted by Crippen LogP contribution is -2.36. The van der Waals surface area contributed by atoms with Crippen LogP contribution in [0.25, 0.3) is 0 Å². The Balaban J connectivity index is 1.72. The van der Waals surface area contributed by atoms with E-state index in [1.54, 1.807) is 29.2 Å². The van der Waals surface area contributed by atoms with Gasteiger partial charge in [-0.05, 0) is 30.5 Å². The first-order chi connectivity index (χ1) is 12.8. The Morgan fingerprint density at radius 3 is 2.48 bits per heavy atom. The maximum Gasteiger partial charge on any atom is 0.410 e. The number of hydrogen-bond donors (Lipinski definition) is 1. The molecule has 0 bridgehead atoms. The number of nitrogens with one attached hydrogen (secondary N) is 1. The average Bonchev–Trinajstić information content (AvgIpc) is 3.30. The van der Waals surface area contributed by atoms with Gasteiger partial charge in [0, 0.05) is 24.0 Å². The molecule has 0 radical (unpaired) electrons. The molecule has 2 unspecified atom stereocenters. The highest BCUT2D eigenvalue weighted by Gasteiger charge is 2.47. The van der Waals surface area contributed by atoms with E-state index in [2.05, 4.69) is 26.3 Å². The molecule has 2 atom stereocenters. The molecule has 9 heteroatoms. The first kappa shape index (κ1) is 18.3. The van der Waals surface area contributed by atoms with Gasteiger partial charge in [0.25, 0.3) is 5.91 Å². The molecule has 1 fully saturated rings. The largest absolute Gasteiger partial charge is 0.410 e. The molecule has 5 nitrogen and oxygen atoms in total. The van der Waals surface area contributed by atoms with Crippen molar-refractivity contribution in [2.45, 2.75) is 37.5 Å². The number of nitrogens with zero attached hydrogens (tertiary/aromatic N) is 3. The van der Waals surface area contributed by atoms with Crippen LogP contribution in [0.3, 0.4) is 0 Å². The minimum atomic E-state index is -4.45. The predicted octanol–water partition coefficient (Wildman–Crippen LogP) is 4.54. The Morgan fingerprint density at radius 2 is 1.85 bits per heavy atom. The van der Waals surface area contributed by atoms with Gasteiger partial charge >= 0.3 is 6.18 Å². The molecule has 2 aliphatic rings. The molecule has 2 aliphatic heterocycles. The van der Waals surface area contributed by atoms with E-state index in [0.29, 0.717) is 13.1 Å². The minimum Gasteiger partial charge on any atom is -0.363 e. The molecule has 144 valence electrons. The number of likely N-dealkylation sites (tertiary alicyclic amines) is 1. The van der Waals surface area contributed by atoms with E-state index in [1.165, 1.54) is 6.20 Å². The Morgan fingerprint density at radius 1 is 1.19 bits per heavy atom. The normalized spacial score (nSPS) is 22.4. The molecule has 3 heterocycles. The predicted molar refractivity (Wildman–Crippen MR) is 97.6 cm³/mol. The molecule has 1 saturated heterocycles. The van der Waals surface area contributed by atoms with Gasteiger partial charge in [0.05, 0.1) is 12.2 Å². The van der Waals surface area contributed by atoms with E-state index in [0.717, 1.165) is 27.6 Å². The molecule has 0 aliphatic carbocycles. The van der Waals surface area contributed by atoms with Crippen molar-refractivity contribution in [3.05, 3.63) is 46.1 Å². The lowest BCUT2D eigenvalue weighted by atomic mass is 9.96.